The molecule has 0 heterocycles. The van der Waals surface area contributed by atoms with E-state index in [1.165, 1.54) is 64.2 Å². The van der Waals surface area contributed by atoms with Gasteiger partial charge in [0.15, 0.2) is 0 Å². The lowest BCUT2D eigenvalue weighted by molar-refractivity contribution is -0.144. The van der Waals surface area contributed by atoms with Crippen LogP contribution in [0.1, 0.15) is 168 Å². The molecule has 0 rings (SSSR count). The molecule has 0 unspecified atom stereocenters. The van der Waals surface area contributed by atoms with Crippen molar-refractivity contribution in [2.24, 2.45) is 0 Å². The van der Waals surface area contributed by atoms with E-state index in [-0.39, 0.29) is 18.5 Å². The molecule has 6 nitrogen and oxygen atoms in total. The van der Waals surface area contributed by atoms with Crippen molar-refractivity contribution in [1.82, 2.24) is 4.90 Å². The Hall–Kier alpha value is -1.14. The van der Waals surface area contributed by atoms with Crippen LogP contribution in [0.3, 0.4) is 0 Å². The minimum Gasteiger partial charge on any atom is -0.466 e. The first-order valence-corrected chi connectivity index (χ1v) is 17.3. The Labute approximate surface area is 248 Å². The van der Waals surface area contributed by atoms with Gasteiger partial charge in [-0.05, 0) is 51.6 Å². The number of rotatable bonds is 32. The lowest BCUT2D eigenvalue weighted by atomic mass is 10.1. The van der Waals surface area contributed by atoms with E-state index >= 15 is 0 Å². The highest BCUT2D eigenvalue weighted by Crippen LogP contribution is 2.11. The Morgan fingerprint density at radius 2 is 0.825 bits per heavy atom. The molecule has 0 atom stereocenters. The number of ether oxygens (including phenoxy) is 2. The molecular formula is C34H67NO5. The van der Waals surface area contributed by atoms with Crippen molar-refractivity contribution < 1.29 is 24.2 Å². The Bertz CT molecular complexity index is 498. The molecule has 0 saturated carbocycles. The third-order valence-corrected chi connectivity index (χ3v) is 7.65. The van der Waals surface area contributed by atoms with Crippen molar-refractivity contribution in [3.8, 4) is 0 Å². The van der Waals surface area contributed by atoms with Crippen molar-refractivity contribution in [1.29, 1.82) is 0 Å². The van der Waals surface area contributed by atoms with Crippen molar-refractivity contribution in [2.75, 3.05) is 39.5 Å². The number of carbonyl (C=O) groups is 2. The fraction of sp³-hybridized carbons (Fsp3) is 0.941. The van der Waals surface area contributed by atoms with Crippen LogP contribution >= 0.6 is 0 Å². The van der Waals surface area contributed by atoms with E-state index < -0.39 is 0 Å². The summed E-state index contributed by atoms with van der Waals surface area (Å²) in [7, 11) is 0. The Morgan fingerprint density at radius 3 is 1.23 bits per heavy atom. The molecule has 40 heavy (non-hydrogen) atoms. The summed E-state index contributed by atoms with van der Waals surface area (Å²) in [4.78, 5) is 26.1. The van der Waals surface area contributed by atoms with Gasteiger partial charge in [-0.3, -0.25) is 9.59 Å². The van der Waals surface area contributed by atoms with Gasteiger partial charge in [0.1, 0.15) is 0 Å². The first-order valence-electron chi connectivity index (χ1n) is 17.3. The van der Waals surface area contributed by atoms with Crippen LogP contribution < -0.4 is 0 Å². The van der Waals surface area contributed by atoms with Crippen molar-refractivity contribution in [2.45, 2.75) is 168 Å². The number of aliphatic hydroxyl groups excluding tert-OH is 1. The highest BCUT2D eigenvalue weighted by molar-refractivity contribution is 5.69. The first-order chi connectivity index (χ1) is 19.6. The second-order valence-electron chi connectivity index (χ2n) is 11.6. The molecular weight excluding hydrogens is 502 g/mol. The van der Waals surface area contributed by atoms with Gasteiger partial charge in [0.2, 0.25) is 0 Å². The minimum atomic E-state index is -0.0360. The second kappa shape index (κ2) is 32.4. The van der Waals surface area contributed by atoms with Gasteiger partial charge in [-0.25, -0.2) is 0 Å². The molecule has 0 aromatic carbocycles. The van der Waals surface area contributed by atoms with E-state index in [1.54, 1.807) is 0 Å². The van der Waals surface area contributed by atoms with E-state index in [0.29, 0.717) is 26.1 Å². The zero-order chi connectivity index (χ0) is 29.4. The molecule has 238 valence electrons. The molecule has 0 aromatic heterocycles. The molecule has 0 aliphatic heterocycles. The summed E-state index contributed by atoms with van der Waals surface area (Å²) in [6, 6.07) is 0. The van der Waals surface area contributed by atoms with E-state index in [2.05, 4.69) is 18.7 Å². The third-order valence-electron chi connectivity index (χ3n) is 7.65. The Kier molecular flexibility index (Phi) is 31.5. The number of hydrogen-bond donors (Lipinski definition) is 1. The zero-order valence-corrected chi connectivity index (χ0v) is 26.7. The molecule has 0 amide bonds. The molecule has 0 aliphatic carbocycles. The molecule has 0 bridgehead atoms. The van der Waals surface area contributed by atoms with Gasteiger partial charge < -0.3 is 19.5 Å². The number of carbonyl (C=O) groups excluding carboxylic acids is 2. The van der Waals surface area contributed by atoms with Crippen molar-refractivity contribution >= 4 is 11.9 Å². The predicted molar refractivity (Wildman–Crippen MR) is 168 cm³/mol. The van der Waals surface area contributed by atoms with Gasteiger partial charge in [0.05, 0.1) is 19.8 Å². The molecule has 0 aliphatic rings. The number of esters is 2. The van der Waals surface area contributed by atoms with Crippen LogP contribution in [-0.2, 0) is 19.1 Å². The van der Waals surface area contributed by atoms with Gasteiger partial charge in [0, 0.05) is 19.4 Å². The SMILES string of the molecule is CCCCCCCCOC(=O)CCCCCCCN(CCO)CCCCCCCC(=O)OCCCCCCCC. The van der Waals surface area contributed by atoms with Crippen LogP contribution in [0.2, 0.25) is 0 Å². The van der Waals surface area contributed by atoms with Gasteiger partial charge in [-0.2, -0.15) is 0 Å². The maximum absolute atomic E-state index is 11.9. The Morgan fingerprint density at radius 1 is 0.475 bits per heavy atom. The number of aliphatic hydroxyl groups is 1. The standard InChI is InChI=1S/C34H67NO5/c1-3-5-7-9-17-23-31-39-33(37)25-19-13-11-15-21-27-35(29-30-36)28-22-16-12-14-20-26-34(38)40-32-24-18-10-8-6-4-2/h36H,3-32H2,1-2H3. The molecule has 0 saturated heterocycles. The average molecular weight is 570 g/mol. The van der Waals surface area contributed by atoms with Crippen molar-refractivity contribution in [3.05, 3.63) is 0 Å². The maximum Gasteiger partial charge on any atom is 0.305 e. The summed E-state index contributed by atoms with van der Waals surface area (Å²) in [6.07, 6.45) is 26.6. The minimum absolute atomic E-state index is 0.0360. The van der Waals surface area contributed by atoms with E-state index in [4.69, 9.17) is 9.47 Å². The van der Waals surface area contributed by atoms with Crippen LogP contribution in [0.25, 0.3) is 0 Å². The van der Waals surface area contributed by atoms with Gasteiger partial charge in [-0.15, -0.1) is 0 Å². The molecule has 0 fully saturated rings. The summed E-state index contributed by atoms with van der Waals surface area (Å²) in [5.74, 6) is -0.0720. The predicted octanol–water partition coefficient (Wildman–Crippen LogP) is 8.77. The lowest BCUT2D eigenvalue weighted by Crippen LogP contribution is -2.29. The fourth-order valence-corrected chi connectivity index (χ4v) is 5.03. The average Bonchev–Trinajstić information content (AvgIpc) is 2.95. The van der Waals surface area contributed by atoms with E-state index in [0.717, 1.165) is 96.7 Å². The fourth-order valence-electron chi connectivity index (χ4n) is 5.03. The smallest absolute Gasteiger partial charge is 0.305 e. The number of unbranched alkanes of at least 4 members (excludes halogenated alkanes) is 18. The van der Waals surface area contributed by atoms with Gasteiger partial charge >= 0.3 is 11.9 Å². The summed E-state index contributed by atoms with van der Waals surface area (Å²) in [5, 5.41) is 9.41. The molecule has 0 aromatic rings. The van der Waals surface area contributed by atoms with Gasteiger partial charge in [0.25, 0.3) is 0 Å². The summed E-state index contributed by atoms with van der Waals surface area (Å²) in [6.45, 7) is 8.63. The maximum atomic E-state index is 11.9. The van der Waals surface area contributed by atoms with Crippen LogP contribution in [-0.4, -0.2) is 61.4 Å². The third kappa shape index (κ3) is 29.8. The molecule has 0 radical (unpaired) electrons. The van der Waals surface area contributed by atoms with Crippen LogP contribution in [0, 0.1) is 0 Å². The van der Waals surface area contributed by atoms with E-state index in [1.807, 2.05) is 0 Å². The van der Waals surface area contributed by atoms with Crippen LogP contribution in [0.4, 0.5) is 0 Å². The molecule has 6 heteroatoms. The molecule has 1 N–H and O–H groups in total. The number of nitrogens with zero attached hydrogens (tertiary/aromatic N) is 1. The Balaban J connectivity index is 3.55. The zero-order valence-electron chi connectivity index (χ0n) is 26.7. The van der Waals surface area contributed by atoms with Crippen molar-refractivity contribution in [3.63, 3.8) is 0 Å². The van der Waals surface area contributed by atoms with Crippen LogP contribution in [0.5, 0.6) is 0 Å². The van der Waals surface area contributed by atoms with E-state index in [9.17, 15) is 14.7 Å². The largest absolute Gasteiger partial charge is 0.466 e. The monoisotopic (exact) mass is 570 g/mol. The highest BCUT2D eigenvalue weighted by Gasteiger charge is 2.06. The second-order valence-corrected chi connectivity index (χ2v) is 11.6. The summed E-state index contributed by atoms with van der Waals surface area (Å²) in [5.41, 5.74) is 0. The molecule has 0 spiro atoms. The summed E-state index contributed by atoms with van der Waals surface area (Å²) >= 11 is 0. The summed E-state index contributed by atoms with van der Waals surface area (Å²) < 4.78 is 10.7. The normalized spacial score (nSPS) is 11.3. The quantitative estimate of drug-likeness (QED) is 0.0644. The van der Waals surface area contributed by atoms with Crippen LogP contribution in [0.15, 0.2) is 0 Å². The van der Waals surface area contributed by atoms with Gasteiger partial charge in [-0.1, -0.05) is 117 Å². The lowest BCUT2D eigenvalue weighted by Gasteiger charge is -2.21. The number of hydrogen-bond acceptors (Lipinski definition) is 6. The first kappa shape index (κ1) is 38.9. The topological polar surface area (TPSA) is 76.1 Å². The highest BCUT2D eigenvalue weighted by atomic mass is 16.5.